The number of alkyl carbamates (subject to hydrolysis) is 2. The van der Waals surface area contributed by atoms with Gasteiger partial charge in [-0.05, 0) is 88.4 Å². The van der Waals surface area contributed by atoms with Gasteiger partial charge in [0.2, 0.25) is 5.91 Å². The average Bonchev–Trinajstić information content (AvgIpc) is 4.00. The Balaban J connectivity index is 0.907. The molecule has 4 aliphatic rings. The number of amides is 4. The largest absolute Gasteiger partial charge is 0.488 e. The number of nitrogens with one attached hydrogen (secondary N) is 4. The van der Waals surface area contributed by atoms with Crippen molar-refractivity contribution >= 4 is 45.8 Å². The van der Waals surface area contributed by atoms with Crippen molar-refractivity contribution in [1.29, 1.82) is 0 Å². The molecule has 15 nitrogen and oxygen atoms in total. The number of fused-ring (bicyclic) bond motifs is 7. The molecule has 3 aliphatic heterocycles. The van der Waals surface area contributed by atoms with E-state index in [0.29, 0.717) is 30.5 Å². The summed E-state index contributed by atoms with van der Waals surface area (Å²) in [5.74, 6) is 2.04. The molecule has 1 aliphatic carbocycles. The van der Waals surface area contributed by atoms with Crippen LogP contribution in [0.3, 0.4) is 0 Å². The normalized spacial score (nSPS) is 22.9. The van der Waals surface area contributed by atoms with Crippen LogP contribution in [0.5, 0.6) is 5.75 Å². The first kappa shape index (κ1) is 41.1. The van der Waals surface area contributed by atoms with Gasteiger partial charge in [0.05, 0.1) is 49.2 Å². The van der Waals surface area contributed by atoms with Crippen LogP contribution in [0.25, 0.3) is 44.2 Å². The fraction of sp³-hybridized carbons (Fsp3) is 0.388. The molecule has 15 heteroatoms. The molecule has 4 amide bonds. The number of carbonyl (C=O) groups excluding carboxylic acids is 4. The van der Waals surface area contributed by atoms with Crippen molar-refractivity contribution in [2.45, 2.75) is 83.8 Å². The number of carbonyl (C=O) groups is 4. The Morgan fingerprint density at radius 1 is 0.891 bits per heavy atom. The van der Waals surface area contributed by atoms with E-state index in [-0.39, 0.29) is 41.3 Å². The Bertz CT molecular complexity index is 2840. The lowest BCUT2D eigenvalue weighted by molar-refractivity contribution is -0.137. The Kier molecular flexibility index (Phi) is 10.1. The fourth-order valence-corrected chi connectivity index (χ4v) is 10.6. The fourth-order valence-electron chi connectivity index (χ4n) is 10.6. The van der Waals surface area contributed by atoms with Gasteiger partial charge in [0.25, 0.3) is 5.91 Å². The minimum atomic E-state index is -0.896. The molecule has 2 saturated heterocycles. The molecule has 4 N–H and O–H groups in total. The van der Waals surface area contributed by atoms with E-state index < -0.39 is 24.3 Å². The molecule has 7 unspecified atom stereocenters. The summed E-state index contributed by atoms with van der Waals surface area (Å²) in [5.41, 5.74) is 7.20. The van der Waals surface area contributed by atoms with E-state index in [1.807, 2.05) is 55.1 Å². The van der Waals surface area contributed by atoms with Crippen LogP contribution in [0, 0.1) is 17.3 Å². The van der Waals surface area contributed by atoms with Crippen molar-refractivity contribution in [3.8, 4) is 28.1 Å². The quantitative estimate of drug-likeness (QED) is 0.112. The molecule has 0 spiro atoms. The van der Waals surface area contributed by atoms with Crippen LogP contribution in [0.2, 0.25) is 0 Å². The van der Waals surface area contributed by atoms with Gasteiger partial charge in [0.1, 0.15) is 36.1 Å². The maximum Gasteiger partial charge on any atom is 0.407 e. The second-order valence-corrected chi connectivity index (χ2v) is 18.2. The van der Waals surface area contributed by atoms with E-state index in [4.69, 9.17) is 24.2 Å². The summed E-state index contributed by atoms with van der Waals surface area (Å²) in [6.45, 7) is 9.19. The Morgan fingerprint density at radius 3 is 2.44 bits per heavy atom. The van der Waals surface area contributed by atoms with Crippen molar-refractivity contribution in [3.05, 3.63) is 102 Å². The van der Waals surface area contributed by atoms with Gasteiger partial charge in [-0.3, -0.25) is 9.59 Å². The molecule has 330 valence electrons. The first-order chi connectivity index (χ1) is 30.9. The number of piperidine rings is 1. The second-order valence-electron chi connectivity index (χ2n) is 18.2. The molecule has 7 atom stereocenters. The lowest BCUT2D eigenvalue weighted by Gasteiger charge is -2.32. The van der Waals surface area contributed by atoms with Crippen molar-refractivity contribution in [2.75, 3.05) is 20.8 Å². The topological polar surface area (TPSA) is 184 Å². The van der Waals surface area contributed by atoms with Crippen molar-refractivity contribution in [1.82, 2.24) is 40.4 Å². The summed E-state index contributed by atoms with van der Waals surface area (Å²) in [7, 11) is 2.59. The summed E-state index contributed by atoms with van der Waals surface area (Å²) < 4.78 is 16.2. The highest BCUT2D eigenvalue weighted by molar-refractivity contribution is 6.07. The first-order valence-corrected chi connectivity index (χ1v) is 22.0. The predicted octanol–water partition coefficient (Wildman–Crippen LogP) is 8.11. The highest BCUT2D eigenvalue weighted by Gasteiger charge is 2.70. The molecule has 6 aromatic rings. The van der Waals surface area contributed by atoms with E-state index >= 15 is 0 Å². The number of imidazole rings is 2. The Labute approximate surface area is 370 Å². The van der Waals surface area contributed by atoms with E-state index in [1.54, 1.807) is 11.1 Å². The van der Waals surface area contributed by atoms with Crippen LogP contribution in [-0.4, -0.2) is 86.6 Å². The lowest BCUT2D eigenvalue weighted by Crippen LogP contribution is -2.52. The van der Waals surface area contributed by atoms with E-state index in [1.165, 1.54) is 14.2 Å². The summed E-state index contributed by atoms with van der Waals surface area (Å²) in [6.07, 6.45) is 2.82. The molecule has 2 aromatic heterocycles. The van der Waals surface area contributed by atoms with Crippen molar-refractivity contribution in [2.24, 2.45) is 17.3 Å². The molecule has 5 heterocycles. The van der Waals surface area contributed by atoms with E-state index in [2.05, 4.69) is 70.8 Å². The van der Waals surface area contributed by atoms with E-state index in [0.717, 1.165) is 80.6 Å². The second kappa shape index (κ2) is 15.7. The SMILES string of the molecule is COC(=O)NC(C(=O)N1CCCC1c1ncc(-c2ccc3c(c2)COc2cc4c(ccc5[nH]c(C6CC7(C)C(C)C7N6C(=O)C(NC(=O)OC)C(C)C)nc54)cc2-3)[nH]1)c1ccccc1. The van der Waals surface area contributed by atoms with Crippen LogP contribution >= 0.6 is 0 Å². The van der Waals surface area contributed by atoms with Gasteiger partial charge in [-0.25, -0.2) is 19.6 Å². The third-order valence-corrected chi connectivity index (χ3v) is 14.3. The average molecular weight is 865 g/mol. The van der Waals surface area contributed by atoms with Crippen LogP contribution in [-0.2, 0) is 25.7 Å². The molecule has 4 aromatic carbocycles. The van der Waals surface area contributed by atoms with Gasteiger partial charge in [-0.2, -0.15) is 0 Å². The molecular weight excluding hydrogens is 813 g/mol. The number of H-pyrrole nitrogens is 2. The van der Waals surface area contributed by atoms with Crippen molar-refractivity contribution in [3.63, 3.8) is 0 Å². The molecule has 1 saturated carbocycles. The smallest absolute Gasteiger partial charge is 0.407 e. The number of aromatic nitrogens is 4. The standard InChI is InChI=1S/C49H52N8O7/c1-25(2)39(54-47(60)62-5)46(59)57-37(22-49(4)26(3)42(49)57)44-51-34-17-15-28-20-33-31-16-14-29(19-30(31)24-64-38(33)21-32(28)41(34)53-44)35-23-50-43(52-35)36-13-10-18-56(36)45(58)40(55-48(61)63-6)27-11-8-7-9-12-27/h7-9,11-12,14-17,19-21,23,25-26,36-37,39-40,42H,10,13,18,22,24H2,1-6H3,(H,50,52)(H,51,53)(H,54,60)(H,55,61). The highest BCUT2D eigenvalue weighted by Crippen LogP contribution is 2.67. The highest BCUT2D eigenvalue weighted by atomic mass is 16.5. The number of benzene rings is 4. The van der Waals surface area contributed by atoms with Crippen molar-refractivity contribution < 1.29 is 33.4 Å². The van der Waals surface area contributed by atoms with Gasteiger partial charge in [-0.1, -0.05) is 76.2 Å². The number of rotatable bonds is 9. The van der Waals surface area contributed by atoms with Gasteiger partial charge >= 0.3 is 12.2 Å². The van der Waals surface area contributed by atoms with Crippen LogP contribution in [0.15, 0.2) is 79.0 Å². The van der Waals surface area contributed by atoms with Crippen LogP contribution < -0.4 is 15.4 Å². The summed E-state index contributed by atoms with van der Waals surface area (Å²) in [5, 5.41) is 7.47. The number of hydrogen-bond donors (Lipinski definition) is 4. The first-order valence-electron chi connectivity index (χ1n) is 22.0. The zero-order valence-electron chi connectivity index (χ0n) is 36.7. The number of nitrogens with zero attached hydrogens (tertiary/aromatic N) is 4. The maximum atomic E-state index is 14.3. The van der Waals surface area contributed by atoms with Gasteiger partial charge in [-0.15, -0.1) is 0 Å². The molecule has 3 fully saturated rings. The van der Waals surface area contributed by atoms with E-state index in [9.17, 15) is 19.2 Å². The van der Waals surface area contributed by atoms with Crippen LogP contribution in [0.1, 0.15) is 87.9 Å². The minimum Gasteiger partial charge on any atom is -0.488 e. The van der Waals surface area contributed by atoms with Gasteiger partial charge in [0, 0.05) is 23.5 Å². The number of ether oxygens (including phenoxy) is 3. The van der Waals surface area contributed by atoms with Gasteiger partial charge in [0.15, 0.2) is 0 Å². The zero-order chi connectivity index (χ0) is 44.6. The number of likely N-dealkylation sites (tertiary alicyclic amines) is 2. The Hall–Kier alpha value is -6.90. The Morgan fingerprint density at radius 2 is 1.67 bits per heavy atom. The maximum absolute atomic E-state index is 14.3. The predicted molar refractivity (Wildman–Crippen MR) is 239 cm³/mol. The zero-order valence-corrected chi connectivity index (χ0v) is 36.7. The molecule has 10 rings (SSSR count). The van der Waals surface area contributed by atoms with Gasteiger partial charge < -0.3 is 44.6 Å². The third kappa shape index (κ3) is 6.79. The summed E-state index contributed by atoms with van der Waals surface area (Å²) in [4.78, 5) is 73.7. The number of hydrogen-bond acceptors (Lipinski definition) is 9. The molecular formula is C49H52N8O7. The number of methoxy groups -OCH3 is 2. The monoisotopic (exact) mass is 864 g/mol. The third-order valence-electron chi connectivity index (χ3n) is 14.3. The molecule has 0 bridgehead atoms. The number of aromatic amines is 2. The molecule has 0 radical (unpaired) electrons. The minimum absolute atomic E-state index is 0.0377. The molecule has 64 heavy (non-hydrogen) atoms. The lowest BCUT2D eigenvalue weighted by atomic mass is 9.92. The van der Waals surface area contributed by atoms with Crippen LogP contribution in [0.4, 0.5) is 9.59 Å². The summed E-state index contributed by atoms with van der Waals surface area (Å²) in [6, 6.07) is 21.7. The summed E-state index contributed by atoms with van der Waals surface area (Å²) >= 11 is 0.